The third-order valence-electron chi connectivity index (χ3n) is 3.77. The van der Waals surface area contributed by atoms with Gasteiger partial charge in [-0.15, -0.1) is 0 Å². The second-order valence-electron chi connectivity index (χ2n) is 6.24. The first-order valence-electron chi connectivity index (χ1n) is 6.87. The molecule has 0 amide bonds. The fourth-order valence-corrected chi connectivity index (χ4v) is 3.94. The minimum Gasteiger partial charge on any atom is -0.395 e. The smallest absolute Gasteiger partial charge is 0.245 e. The molecule has 6 heteroatoms. The van der Waals surface area contributed by atoms with Crippen molar-refractivity contribution in [1.29, 1.82) is 0 Å². The largest absolute Gasteiger partial charge is 0.395 e. The molecular weight excluding hydrogens is 291 g/mol. The van der Waals surface area contributed by atoms with Gasteiger partial charge in [0.05, 0.1) is 5.69 Å². The SMILES string of the molecule is CC(C)(C)C1=CCN(S(=O)(=O)c2cccc(F)c2N)CC1. The van der Waals surface area contributed by atoms with E-state index in [1.165, 1.54) is 22.0 Å². The van der Waals surface area contributed by atoms with Crippen LogP contribution in [0.5, 0.6) is 0 Å². The topological polar surface area (TPSA) is 63.4 Å². The molecule has 1 aromatic rings. The summed E-state index contributed by atoms with van der Waals surface area (Å²) < 4.78 is 39.9. The molecule has 2 N–H and O–H groups in total. The Balaban J connectivity index is 2.31. The number of sulfonamides is 1. The molecular formula is C15H21FN2O2S. The highest BCUT2D eigenvalue weighted by Gasteiger charge is 2.30. The molecule has 0 radical (unpaired) electrons. The summed E-state index contributed by atoms with van der Waals surface area (Å²) in [6.45, 7) is 7.00. The monoisotopic (exact) mass is 312 g/mol. The number of benzene rings is 1. The summed E-state index contributed by atoms with van der Waals surface area (Å²) in [7, 11) is -3.76. The van der Waals surface area contributed by atoms with Crippen molar-refractivity contribution < 1.29 is 12.8 Å². The highest BCUT2D eigenvalue weighted by molar-refractivity contribution is 7.89. The van der Waals surface area contributed by atoms with E-state index in [0.29, 0.717) is 19.5 Å². The van der Waals surface area contributed by atoms with Gasteiger partial charge in [0.2, 0.25) is 10.0 Å². The first-order chi connectivity index (χ1) is 9.64. The van der Waals surface area contributed by atoms with Gasteiger partial charge in [-0.25, -0.2) is 12.8 Å². The van der Waals surface area contributed by atoms with Crippen LogP contribution in [0.25, 0.3) is 0 Å². The van der Waals surface area contributed by atoms with E-state index in [2.05, 4.69) is 20.8 Å². The predicted octanol–water partition coefficient (Wildman–Crippen LogP) is 2.77. The third kappa shape index (κ3) is 3.11. The van der Waals surface area contributed by atoms with Crippen LogP contribution < -0.4 is 5.73 Å². The van der Waals surface area contributed by atoms with E-state index in [9.17, 15) is 12.8 Å². The average molecular weight is 312 g/mol. The van der Waals surface area contributed by atoms with Gasteiger partial charge in [0, 0.05) is 13.1 Å². The molecule has 1 aliphatic heterocycles. The van der Waals surface area contributed by atoms with Gasteiger partial charge in [0.25, 0.3) is 0 Å². The Morgan fingerprint density at radius 1 is 1.29 bits per heavy atom. The molecule has 1 heterocycles. The van der Waals surface area contributed by atoms with Crippen molar-refractivity contribution in [2.45, 2.75) is 32.1 Å². The van der Waals surface area contributed by atoms with Crippen LogP contribution >= 0.6 is 0 Å². The van der Waals surface area contributed by atoms with Gasteiger partial charge in [-0.1, -0.05) is 38.5 Å². The number of anilines is 1. The zero-order valence-corrected chi connectivity index (χ0v) is 13.4. The van der Waals surface area contributed by atoms with Gasteiger partial charge in [0.1, 0.15) is 10.7 Å². The highest BCUT2D eigenvalue weighted by atomic mass is 32.2. The van der Waals surface area contributed by atoms with Crippen LogP contribution in [0, 0.1) is 11.2 Å². The Labute approximate surface area is 125 Å². The summed E-state index contributed by atoms with van der Waals surface area (Å²) >= 11 is 0. The third-order valence-corrected chi connectivity index (χ3v) is 5.69. The number of nitrogens with zero attached hydrogens (tertiary/aromatic N) is 1. The minimum absolute atomic E-state index is 0.0355. The van der Waals surface area contributed by atoms with Crippen molar-refractivity contribution in [3.63, 3.8) is 0 Å². The summed E-state index contributed by atoms with van der Waals surface area (Å²) in [6.07, 6.45) is 2.62. The maximum atomic E-state index is 13.5. The number of rotatable bonds is 2. The Kier molecular flexibility index (Phi) is 4.13. The van der Waals surface area contributed by atoms with Crippen LogP contribution in [0.3, 0.4) is 0 Å². The maximum Gasteiger partial charge on any atom is 0.245 e. The first kappa shape index (κ1) is 16.0. The summed E-state index contributed by atoms with van der Waals surface area (Å²) in [5.41, 5.74) is 6.53. The van der Waals surface area contributed by atoms with Gasteiger partial charge in [-0.05, 0) is 24.0 Å². The number of hydrogen-bond donors (Lipinski definition) is 1. The van der Waals surface area contributed by atoms with Gasteiger partial charge in [-0.3, -0.25) is 0 Å². The average Bonchev–Trinajstić information content (AvgIpc) is 2.41. The molecule has 0 saturated heterocycles. The molecule has 0 bridgehead atoms. The molecule has 0 aliphatic carbocycles. The summed E-state index contributed by atoms with van der Waals surface area (Å²) in [5, 5.41) is 0. The highest BCUT2D eigenvalue weighted by Crippen LogP contribution is 2.32. The molecule has 0 spiro atoms. The van der Waals surface area contributed by atoms with Gasteiger partial charge in [-0.2, -0.15) is 4.31 Å². The molecule has 0 saturated carbocycles. The zero-order chi connectivity index (χ0) is 15.8. The van der Waals surface area contributed by atoms with E-state index in [1.807, 2.05) is 6.08 Å². The minimum atomic E-state index is -3.76. The Hall–Kier alpha value is -1.40. The molecule has 0 aromatic heterocycles. The van der Waals surface area contributed by atoms with Crippen LogP contribution in [-0.2, 0) is 10.0 Å². The van der Waals surface area contributed by atoms with Crippen molar-refractivity contribution in [2.24, 2.45) is 5.41 Å². The summed E-state index contributed by atoms with van der Waals surface area (Å²) in [6, 6.07) is 3.86. The molecule has 2 rings (SSSR count). The van der Waals surface area contributed by atoms with E-state index in [-0.39, 0.29) is 16.0 Å². The van der Waals surface area contributed by atoms with Crippen molar-refractivity contribution in [1.82, 2.24) is 4.31 Å². The van der Waals surface area contributed by atoms with E-state index in [4.69, 9.17) is 5.73 Å². The van der Waals surface area contributed by atoms with Gasteiger partial charge >= 0.3 is 0 Å². The molecule has 4 nitrogen and oxygen atoms in total. The molecule has 0 atom stereocenters. The van der Waals surface area contributed by atoms with E-state index in [1.54, 1.807) is 0 Å². The normalized spacial score (nSPS) is 17.6. The lowest BCUT2D eigenvalue weighted by Crippen LogP contribution is -2.36. The maximum absolute atomic E-state index is 13.5. The second-order valence-corrected chi connectivity index (χ2v) is 8.15. The summed E-state index contributed by atoms with van der Waals surface area (Å²) in [5.74, 6) is -0.709. The van der Waals surface area contributed by atoms with E-state index >= 15 is 0 Å². The van der Waals surface area contributed by atoms with Crippen molar-refractivity contribution >= 4 is 15.7 Å². The molecule has 21 heavy (non-hydrogen) atoms. The lowest BCUT2D eigenvalue weighted by molar-refractivity contribution is 0.389. The Morgan fingerprint density at radius 2 is 1.95 bits per heavy atom. The number of halogens is 1. The Morgan fingerprint density at radius 3 is 2.48 bits per heavy atom. The first-order valence-corrected chi connectivity index (χ1v) is 8.31. The second kappa shape index (κ2) is 5.42. The van der Waals surface area contributed by atoms with E-state index in [0.717, 1.165) is 6.07 Å². The zero-order valence-electron chi connectivity index (χ0n) is 12.6. The standard InChI is InChI=1S/C15H21FN2O2S/c1-15(2,3)11-7-9-18(10-8-11)21(19,20)13-6-4-5-12(16)14(13)17/h4-7H,8-10,17H2,1-3H3. The Bertz CT molecular complexity index is 675. The number of para-hydroxylation sites is 1. The fourth-order valence-electron chi connectivity index (χ4n) is 2.43. The molecule has 0 fully saturated rings. The van der Waals surface area contributed by atoms with E-state index < -0.39 is 15.8 Å². The van der Waals surface area contributed by atoms with Gasteiger partial charge in [0.15, 0.2) is 0 Å². The molecule has 0 unspecified atom stereocenters. The lowest BCUT2D eigenvalue weighted by atomic mass is 9.83. The van der Waals surface area contributed by atoms with Crippen molar-refractivity contribution in [2.75, 3.05) is 18.8 Å². The molecule has 1 aliphatic rings. The molecule has 116 valence electrons. The number of nitrogens with two attached hydrogens (primary N) is 1. The lowest BCUT2D eigenvalue weighted by Gasteiger charge is -2.31. The van der Waals surface area contributed by atoms with Crippen molar-refractivity contribution in [3.8, 4) is 0 Å². The van der Waals surface area contributed by atoms with Crippen LogP contribution in [0.4, 0.5) is 10.1 Å². The molecule has 1 aromatic carbocycles. The number of nitrogen functional groups attached to an aromatic ring is 1. The van der Waals surface area contributed by atoms with Crippen LogP contribution in [0.1, 0.15) is 27.2 Å². The fraction of sp³-hybridized carbons (Fsp3) is 0.467. The van der Waals surface area contributed by atoms with Crippen LogP contribution in [0.2, 0.25) is 0 Å². The number of hydrogen-bond acceptors (Lipinski definition) is 3. The summed E-state index contributed by atoms with van der Waals surface area (Å²) in [4.78, 5) is -0.157. The van der Waals surface area contributed by atoms with Crippen LogP contribution in [-0.4, -0.2) is 25.8 Å². The predicted molar refractivity (Wildman–Crippen MR) is 81.7 cm³/mol. The van der Waals surface area contributed by atoms with Crippen molar-refractivity contribution in [3.05, 3.63) is 35.7 Å². The van der Waals surface area contributed by atoms with Gasteiger partial charge < -0.3 is 5.73 Å². The van der Waals surface area contributed by atoms with Crippen LogP contribution in [0.15, 0.2) is 34.7 Å². The quantitative estimate of drug-likeness (QED) is 0.674.